The molecule has 2 heterocycles. The second-order valence-electron chi connectivity index (χ2n) is 12.1. The van der Waals surface area contributed by atoms with Gasteiger partial charge < -0.3 is 19.7 Å². The van der Waals surface area contributed by atoms with E-state index in [-0.39, 0.29) is 17.5 Å². The number of amides is 1. The third kappa shape index (κ3) is 6.08. The minimum absolute atomic E-state index is 0.0957. The standard InChI is InChI=1S/C38H34ClN3O4/c39-30-14-6-13-29(22-30)38(17-18-38)37-40-33-16-7-19-42(23-32(33)35(44)41-37)36(45)34(43)28-12-4-10-26(20-28)27-11-5-15-31(21-27)46-24-25-8-2-1-3-9-25/h1-6,8-15,20-22,34,43H,7,16-19,23-24H2,(H,40,41,44). The van der Waals surface area contributed by atoms with Crippen molar-refractivity contribution in [1.82, 2.24) is 14.9 Å². The van der Waals surface area contributed by atoms with E-state index in [0.717, 1.165) is 40.8 Å². The molecule has 1 atom stereocenters. The zero-order valence-corrected chi connectivity index (χ0v) is 26.0. The molecule has 232 valence electrons. The van der Waals surface area contributed by atoms with Gasteiger partial charge in [0.15, 0.2) is 6.10 Å². The number of H-pyrrole nitrogens is 1. The smallest absolute Gasteiger partial charge is 0.256 e. The van der Waals surface area contributed by atoms with Crippen LogP contribution >= 0.6 is 11.6 Å². The number of nitrogens with one attached hydrogen (secondary N) is 1. The maximum Gasteiger partial charge on any atom is 0.256 e. The molecule has 5 aromatic rings. The van der Waals surface area contributed by atoms with E-state index in [1.165, 1.54) is 0 Å². The number of hydrogen-bond donors (Lipinski definition) is 2. The van der Waals surface area contributed by atoms with Crippen molar-refractivity contribution < 1.29 is 14.6 Å². The molecule has 7 nitrogen and oxygen atoms in total. The van der Waals surface area contributed by atoms with Gasteiger partial charge in [-0.15, -0.1) is 0 Å². The van der Waals surface area contributed by atoms with Gasteiger partial charge in [-0.3, -0.25) is 9.59 Å². The number of aromatic nitrogens is 2. The second-order valence-corrected chi connectivity index (χ2v) is 12.6. The topological polar surface area (TPSA) is 95.5 Å². The van der Waals surface area contributed by atoms with E-state index in [9.17, 15) is 14.7 Å². The van der Waals surface area contributed by atoms with Gasteiger partial charge in [0.25, 0.3) is 11.5 Å². The molecular formula is C38H34ClN3O4. The van der Waals surface area contributed by atoms with Crippen molar-refractivity contribution in [1.29, 1.82) is 0 Å². The predicted molar refractivity (Wildman–Crippen MR) is 178 cm³/mol. The average Bonchev–Trinajstić information content (AvgIpc) is 3.92. The summed E-state index contributed by atoms with van der Waals surface area (Å²) >= 11 is 6.27. The number of aryl methyl sites for hydroxylation is 1. The van der Waals surface area contributed by atoms with Crippen molar-refractivity contribution in [2.24, 2.45) is 0 Å². The summed E-state index contributed by atoms with van der Waals surface area (Å²) in [4.78, 5) is 36.6. The summed E-state index contributed by atoms with van der Waals surface area (Å²) in [6.07, 6.45) is 1.62. The molecule has 1 fully saturated rings. The first-order valence-electron chi connectivity index (χ1n) is 15.6. The Hall–Kier alpha value is -4.72. The fourth-order valence-electron chi connectivity index (χ4n) is 6.32. The van der Waals surface area contributed by atoms with Crippen molar-refractivity contribution in [2.75, 3.05) is 6.54 Å². The molecule has 1 aliphatic heterocycles. The average molecular weight is 632 g/mol. The van der Waals surface area contributed by atoms with Gasteiger partial charge in [-0.25, -0.2) is 4.98 Å². The Morgan fingerprint density at radius 1 is 0.957 bits per heavy atom. The van der Waals surface area contributed by atoms with Gasteiger partial charge in [0.1, 0.15) is 18.2 Å². The summed E-state index contributed by atoms with van der Waals surface area (Å²) in [5.74, 6) is 0.949. The highest BCUT2D eigenvalue weighted by Crippen LogP contribution is 2.52. The number of carbonyl (C=O) groups is 1. The Balaban J connectivity index is 1.08. The maximum absolute atomic E-state index is 13.7. The van der Waals surface area contributed by atoms with Gasteiger partial charge in [-0.1, -0.05) is 84.4 Å². The second kappa shape index (κ2) is 12.6. The molecule has 1 aromatic heterocycles. The summed E-state index contributed by atoms with van der Waals surface area (Å²) in [6.45, 7) is 0.971. The number of aliphatic hydroxyl groups excluding tert-OH is 1. The highest BCUT2D eigenvalue weighted by atomic mass is 35.5. The third-order valence-electron chi connectivity index (χ3n) is 9.04. The quantitative estimate of drug-likeness (QED) is 0.197. The molecule has 2 N–H and O–H groups in total. The van der Waals surface area contributed by atoms with E-state index in [1.807, 2.05) is 97.1 Å². The highest BCUT2D eigenvalue weighted by Gasteiger charge is 2.48. The van der Waals surface area contributed by atoms with Gasteiger partial charge in [0.2, 0.25) is 0 Å². The van der Waals surface area contributed by atoms with Crippen LogP contribution in [0.5, 0.6) is 5.75 Å². The summed E-state index contributed by atoms with van der Waals surface area (Å²) in [5, 5.41) is 11.9. The minimum Gasteiger partial charge on any atom is -0.489 e. The number of rotatable bonds is 8. The van der Waals surface area contributed by atoms with Gasteiger partial charge in [0, 0.05) is 11.6 Å². The number of benzene rings is 4. The molecule has 2 aliphatic rings. The van der Waals surface area contributed by atoms with Crippen molar-refractivity contribution in [3.05, 3.63) is 152 Å². The van der Waals surface area contributed by atoms with E-state index in [0.29, 0.717) is 53.7 Å². The number of halogens is 1. The van der Waals surface area contributed by atoms with Gasteiger partial charge in [0.05, 0.1) is 23.2 Å². The number of fused-ring (bicyclic) bond motifs is 1. The molecule has 1 aliphatic carbocycles. The molecule has 1 unspecified atom stereocenters. The number of hydrogen-bond acceptors (Lipinski definition) is 5. The van der Waals surface area contributed by atoms with Gasteiger partial charge in [-0.05, 0) is 83.8 Å². The van der Waals surface area contributed by atoms with E-state index < -0.39 is 12.0 Å². The fourth-order valence-corrected chi connectivity index (χ4v) is 6.51. The zero-order chi connectivity index (χ0) is 31.7. The summed E-state index contributed by atoms with van der Waals surface area (Å²) in [5.41, 5.74) is 5.00. The molecule has 46 heavy (non-hydrogen) atoms. The van der Waals surface area contributed by atoms with Gasteiger partial charge >= 0.3 is 0 Å². The molecule has 0 bridgehead atoms. The number of aliphatic hydroxyl groups is 1. The van der Waals surface area contributed by atoms with E-state index in [2.05, 4.69) is 4.98 Å². The van der Waals surface area contributed by atoms with Crippen LogP contribution in [-0.2, 0) is 29.8 Å². The van der Waals surface area contributed by atoms with E-state index in [4.69, 9.17) is 21.3 Å². The van der Waals surface area contributed by atoms with Crippen LogP contribution < -0.4 is 10.3 Å². The maximum atomic E-state index is 13.7. The first-order valence-corrected chi connectivity index (χ1v) is 16.0. The Bertz CT molecular complexity index is 1950. The Morgan fingerprint density at radius 2 is 1.72 bits per heavy atom. The van der Waals surface area contributed by atoms with Gasteiger partial charge in [-0.2, -0.15) is 0 Å². The molecule has 1 saturated carbocycles. The highest BCUT2D eigenvalue weighted by molar-refractivity contribution is 6.30. The lowest BCUT2D eigenvalue weighted by molar-refractivity contribution is -0.141. The lowest BCUT2D eigenvalue weighted by Crippen LogP contribution is -2.36. The lowest BCUT2D eigenvalue weighted by atomic mass is 9.94. The van der Waals surface area contributed by atoms with Crippen LogP contribution in [0.15, 0.2) is 108 Å². The Kier molecular flexibility index (Phi) is 8.20. The molecule has 7 rings (SSSR count). The first-order chi connectivity index (χ1) is 22.4. The van der Waals surface area contributed by atoms with Crippen LogP contribution in [0.1, 0.15) is 59.1 Å². The van der Waals surface area contributed by atoms with Crippen LogP contribution in [-0.4, -0.2) is 32.4 Å². The summed E-state index contributed by atoms with van der Waals surface area (Å²) in [7, 11) is 0. The van der Waals surface area contributed by atoms with Crippen molar-refractivity contribution >= 4 is 17.5 Å². The molecule has 0 radical (unpaired) electrons. The predicted octanol–water partition coefficient (Wildman–Crippen LogP) is 6.76. The first kappa shape index (κ1) is 30.0. The molecule has 0 spiro atoms. The number of ether oxygens (including phenoxy) is 1. The molecule has 8 heteroatoms. The van der Waals surface area contributed by atoms with E-state index >= 15 is 0 Å². The summed E-state index contributed by atoms with van der Waals surface area (Å²) < 4.78 is 6.01. The minimum atomic E-state index is -1.37. The molecule has 1 amide bonds. The molecule has 4 aromatic carbocycles. The number of nitrogens with zero attached hydrogens (tertiary/aromatic N) is 2. The number of aromatic amines is 1. The Morgan fingerprint density at radius 3 is 2.50 bits per heavy atom. The monoisotopic (exact) mass is 631 g/mol. The number of carbonyl (C=O) groups excluding carboxylic acids is 1. The summed E-state index contributed by atoms with van der Waals surface area (Å²) in [6, 6.07) is 32.8. The van der Waals surface area contributed by atoms with Crippen LogP contribution in [0.25, 0.3) is 11.1 Å². The SMILES string of the molecule is O=C(C(O)c1cccc(-c2cccc(OCc3ccccc3)c2)c1)N1CCCc2nc(C3(c4cccc(Cl)c4)CC3)[nH]c(=O)c2C1. The zero-order valence-electron chi connectivity index (χ0n) is 25.3. The fraction of sp³-hybridized carbons (Fsp3) is 0.237. The van der Waals surface area contributed by atoms with Crippen LogP contribution in [0.4, 0.5) is 0 Å². The molecular weight excluding hydrogens is 598 g/mol. The van der Waals surface area contributed by atoms with Crippen molar-refractivity contribution in [3.8, 4) is 16.9 Å². The van der Waals surface area contributed by atoms with Crippen molar-refractivity contribution in [2.45, 2.75) is 50.4 Å². The lowest BCUT2D eigenvalue weighted by Gasteiger charge is -2.24. The Labute approximate surface area is 272 Å². The van der Waals surface area contributed by atoms with E-state index in [1.54, 1.807) is 11.0 Å². The van der Waals surface area contributed by atoms with Crippen LogP contribution in [0.3, 0.4) is 0 Å². The largest absolute Gasteiger partial charge is 0.489 e. The normalized spacial score (nSPS) is 15.8. The van der Waals surface area contributed by atoms with Crippen LogP contribution in [0, 0.1) is 0 Å². The van der Waals surface area contributed by atoms with Crippen molar-refractivity contribution in [3.63, 3.8) is 0 Å². The molecule has 0 saturated heterocycles. The van der Waals surface area contributed by atoms with Crippen LogP contribution in [0.2, 0.25) is 5.02 Å². The third-order valence-corrected chi connectivity index (χ3v) is 9.27.